The minimum absolute atomic E-state index is 0.323. The van der Waals surface area contributed by atoms with Crippen LogP contribution in [0.4, 0.5) is 0 Å². The van der Waals surface area contributed by atoms with E-state index >= 15 is 0 Å². The van der Waals surface area contributed by atoms with Crippen LogP contribution in [0.1, 0.15) is 47.0 Å². The molecule has 1 heterocycles. The van der Waals surface area contributed by atoms with E-state index in [1.807, 2.05) is 0 Å². The average molecular weight is 236 g/mol. The van der Waals surface area contributed by atoms with Gasteiger partial charge in [0.25, 0.3) is 0 Å². The van der Waals surface area contributed by atoms with Crippen LogP contribution in [0.2, 0.25) is 0 Å². The van der Waals surface area contributed by atoms with Crippen molar-refractivity contribution >= 4 is 0 Å². The SMILES string of the molecule is C#CC(CCC)N1CC(C(C)CC)NCC1C. The lowest BCUT2D eigenvalue weighted by atomic mass is 9.94. The van der Waals surface area contributed by atoms with E-state index < -0.39 is 0 Å². The highest BCUT2D eigenvalue weighted by Crippen LogP contribution is 2.19. The molecule has 1 fully saturated rings. The summed E-state index contributed by atoms with van der Waals surface area (Å²) in [6.07, 6.45) is 9.21. The van der Waals surface area contributed by atoms with Crippen molar-refractivity contribution < 1.29 is 0 Å². The van der Waals surface area contributed by atoms with Crippen molar-refractivity contribution in [2.24, 2.45) is 5.92 Å². The Kier molecular flexibility index (Phi) is 6.02. The fourth-order valence-corrected chi connectivity index (χ4v) is 2.63. The first-order valence-corrected chi connectivity index (χ1v) is 7.09. The van der Waals surface area contributed by atoms with E-state index in [-0.39, 0.29) is 0 Å². The highest BCUT2D eigenvalue weighted by molar-refractivity contribution is 5.03. The van der Waals surface area contributed by atoms with Gasteiger partial charge >= 0.3 is 0 Å². The first-order valence-electron chi connectivity index (χ1n) is 7.09. The zero-order valence-corrected chi connectivity index (χ0v) is 11.9. The van der Waals surface area contributed by atoms with Gasteiger partial charge in [0.05, 0.1) is 6.04 Å². The predicted molar refractivity (Wildman–Crippen MR) is 74.9 cm³/mol. The summed E-state index contributed by atoms with van der Waals surface area (Å²) in [5.41, 5.74) is 0. The molecular weight excluding hydrogens is 208 g/mol. The van der Waals surface area contributed by atoms with Crippen molar-refractivity contribution in [2.75, 3.05) is 13.1 Å². The second kappa shape index (κ2) is 7.03. The number of nitrogens with one attached hydrogen (secondary N) is 1. The summed E-state index contributed by atoms with van der Waals surface area (Å²) in [6, 6.07) is 1.48. The molecule has 2 nitrogen and oxygen atoms in total. The molecule has 1 aliphatic rings. The van der Waals surface area contributed by atoms with Gasteiger partial charge in [0.15, 0.2) is 0 Å². The maximum atomic E-state index is 5.69. The number of rotatable bonds is 5. The highest BCUT2D eigenvalue weighted by atomic mass is 15.2. The summed E-state index contributed by atoms with van der Waals surface area (Å²) in [7, 11) is 0. The van der Waals surface area contributed by atoms with E-state index in [2.05, 4.69) is 43.8 Å². The Morgan fingerprint density at radius 3 is 2.71 bits per heavy atom. The summed E-state index contributed by atoms with van der Waals surface area (Å²) in [5, 5.41) is 3.66. The topological polar surface area (TPSA) is 15.3 Å². The minimum Gasteiger partial charge on any atom is -0.311 e. The third-order valence-corrected chi connectivity index (χ3v) is 4.13. The lowest BCUT2D eigenvalue weighted by molar-refractivity contribution is 0.0928. The lowest BCUT2D eigenvalue weighted by Crippen LogP contribution is -2.59. The molecule has 0 saturated carbocycles. The van der Waals surface area contributed by atoms with Gasteiger partial charge in [-0.25, -0.2) is 0 Å². The standard InChI is InChI=1S/C15H28N2/c1-6-9-14(8-3)17-11-15(12(4)7-2)16-10-13(17)5/h3,12-16H,6-7,9-11H2,1-2,4-5H3. The van der Waals surface area contributed by atoms with Crippen molar-refractivity contribution in [3.05, 3.63) is 0 Å². The minimum atomic E-state index is 0.323. The molecule has 4 unspecified atom stereocenters. The van der Waals surface area contributed by atoms with Crippen molar-refractivity contribution in [2.45, 2.75) is 65.1 Å². The van der Waals surface area contributed by atoms with E-state index in [1.54, 1.807) is 0 Å². The Morgan fingerprint density at radius 2 is 2.18 bits per heavy atom. The summed E-state index contributed by atoms with van der Waals surface area (Å²) in [4.78, 5) is 2.52. The summed E-state index contributed by atoms with van der Waals surface area (Å²) in [5.74, 6) is 3.71. The Balaban J connectivity index is 2.65. The quantitative estimate of drug-likeness (QED) is 0.738. The molecular formula is C15H28N2. The largest absolute Gasteiger partial charge is 0.311 e. The van der Waals surface area contributed by atoms with Gasteiger partial charge in [-0.1, -0.05) is 39.5 Å². The molecule has 1 rings (SSSR count). The zero-order valence-electron chi connectivity index (χ0n) is 11.9. The predicted octanol–water partition coefficient (Wildman–Crippen LogP) is 2.50. The second-order valence-electron chi connectivity index (χ2n) is 5.42. The van der Waals surface area contributed by atoms with Crippen molar-refractivity contribution in [1.82, 2.24) is 10.2 Å². The molecule has 0 aromatic carbocycles. The molecule has 98 valence electrons. The molecule has 1 N–H and O–H groups in total. The first kappa shape index (κ1) is 14.5. The second-order valence-corrected chi connectivity index (χ2v) is 5.42. The van der Waals surface area contributed by atoms with Gasteiger partial charge in [0.1, 0.15) is 0 Å². The van der Waals surface area contributed by atoms with E-state index in [0.29, 0.717) is 18.1 Å². The van der Waals surface area contributed by atoms with Crippen LogP contribution < -0.4 is 5.32 Å². The monoisotopic (exact) mass is 236 g/mol. The van der Waals surface area contributed by atoms with E-state index in [0.717, 1.165) is 25.4 Å². The number of hydrogen-bond donors (Lipinski definition) is 1. The summed E-state index contributed by atoms with van der Waals surface area (Å²) in [6.45, 7) is 11.3. The van der Waals surface area contributed by atoms with Gasteiger partial charge in [-0.15, -0.1) is 6.42 Å². The smallest absolute Gasteiger partial charge is 0.0715 e. The normalized spacial score (nSPS) is 29.6. The number of hydrogen-bond acceptors (Lipinski definition) is 2. The molecule has 0 aromatic rings. The van der Waals surface area contributed by atoms with Gasteiger partial charge < -0.3 is 5.32 Å². The number of terminal acetylenes is 1. The Hall–Kier alpha value is -0.520. The molecule has 17 heavy (non-hydrogen) atoms. The molecule has 0 aromatic heterocycles. The van der Waals surface area contributed by atoms with Gasteiger partial charge in [-0.3, -0.25) is 4.90 Å². The molecule has 1 aliphatic heterocycles. The van der Waals surface area contributed by atoms with E-state index in [9.17, 15) is 0 Å². The van der Waals surface area contributed by atoms with Crippen molar-refractivity contribution in [3.63, 3.8) is 0 Å². The van der Waals surface area contributed by atoms with Gasteiger partial charge in [-0.2, -0.15) is 0 Å². The van der Waals surface area contributed by atoms with Crippen LogP contribution in [0.15, 0.2) is 0 Å². The highest BCUT2D eigenvalue weighted by Gasteiger charge is 2.30. The third kappa shape index (κ3) is 3.72. The van der Waals surface area contributed by atoms with Crippen LogP contribution in [0.3, 0.4) is 0 Å². The molecule has 1 saturated heterocycles. The molecule has 0 amide bonds. The number of piperazine rings is 1. The van der Waals surface area contributed by atoms with Crippen LogP contribution in [0.25, 0.3) is 0 Å². The van der Waals surface area contributed by atoms with Gasteiger partial charge in [0, 0.05) is 25.2 Å². The van der Waals surface area contributed by atoms with E-state index in [1.165, 1.54) is 12.8 Å². The van der Waals surface area contributed by atoms with Crippen LogP contribution in [0, 0.1) is 18.3 Å². The Labute approximate surface area is 107 Å². The molecule has 4 atom stereocenters. The zero-order chi connectivity index (χ0) is 12.8. The van der Waals surface area contributed by atoms with Crippen LogP contribution in [0.5, 0.6) is 0 Å². The lowest BCUT2D eigenvalue weighted by Gasteiger charge is -2.43. The Bertz CT molecular complexity index is 256. The number of nitrogens with zero attached hydrogens (tertiary/aromatic N) is 1. The summed E-state index contributed by atoms with van der Waals surface area (Å²) < 4.78 is 0. The molecule has 2 heteroatoms. The molecule has 0 spiro atoms. The fourth-order valence-electron chi connectivity index (χ4n) is 2.63. The van der Waals surface area contributed by atoms with Crippen molar-refractivity contribution in [3.8, 4) is 12.3 Å². The van der Waals surface area contributed by atoms with Crippen molar-refractivity contribution in [1.29, 1.82) is 0 Å². The van der Waals surface area contributed by atoms with Crippen LogP contribution in [-0.4, -0.2) is 36.1 Å². The Morgan fingerprint density at radius 1 is 1.47 bits per heavy atom. The van der Waals surface area contributed by atoms with E-state index in [4.69, 9.17) is 6.42 Å². The fraction of sp³-hybridized carbons (Fsp3) is 0.867. The third-order valence-electron chi connectivity index (χ3n) is 4.13. The average Bonchev–Trinajstić information content (AvgIpc) is 2.36. The summed E-state index contributed by atoms with van der Waals surface area (Å²) >= 11 is 0. The maximum Gasteiger partial charge on any atom is 0.0715 e. The van der Waals surface area contributed by atoms with Crippen LogP contribution >= 0.6 is 0 Å². The van der Waals surface area contributed by atoms with Gasteiger partial charge in [0.2, 0.25) is 0 Å². The molecule has 0 aliphatic carbocycles. The van der Waals surface area contributed by atoms with Crippen LogP contribution in [-0.2, 0) is 0 Å². The molecule has 0 radical (unpaired) electrons. The molecule has 0 bridgehead atoms. The first-order chi connectivity index (χ1) is 8.13. The maximum absolute atomic E-state index is 5.69. The van der Waals surface area contributed by atoms with Gasteiger partial charge in [-0.05, 0) is 19.3 Å².